The molecule has 3 aromatic carbocycles. The maximum atomic E-state index is 13.6. The molecule has 6 nitrogen and oxygen atoms in total. The summed E-state index contributed by atoms with van der Waals surface area (Å²) in [4.78, 5) is 28.1. The highest BCUT2D eigenvalue weighted by Gasteiger charge is 2.40. The Labute approximate surface area is 209 Å². The number of nitriles is 1. The molecular weight excluding hydrogens is 458 g/mol. The van der Waals surface area contributed by atoms with Gasteiger partial charge < -0.3 is 10.1 Å². The summed E-state index contributed by atoms with van der Waals surface area (Å²) in [5, 5.41) is 12.7. The van der Waals surface area contributed by atoms with Crippen LogP contribution in [0, 0.1) is 11.3 Å². The number of benzene rings is 3. The van der Waals surface area contributed by atoms with Crippen LogP contribution in [0.15, 0.2) is 95.5 Å². The Morgan fingerprint density at radius 1 is 1.00 bits per heavy atom. The van der Waals surface area contributed by atoms with Crippen molar-refractivity contribution in [3.05, 3.63) is 107 Å². The minimum atomic E-state index is -0.511. The van der Waals surface area contributed by atoms with Crippen molar-refractivity contribution in [3.63, 3.8) is 0 Å². The van der Waals surface area contributed by atoms with Gasteiger partial charge in [0.2, 0.25) is 5.91 Å². The van der Waals surface area contributed by atoms with Gasteiger partial charge in [-0.3, -0.25) is 14.5 Å². The molecule has 0 radical (unpaired) electrons. The van der Waals surface area contributed by atoms with Crippen LogP contribution in [0.4, 0.5) is 5.69 Å². The van der Waals surface area contributed by atoms with Gasteiger partial charge in [-0.1, -0.05) is 72.4 Å². The summed E-state index contributed by atoms with van der Waals surface area (Å²) in [6.07, 6.45) is 0.492. The highest BCUT2D eigenvalue weighted by Crippen LogP contribution is 2.42. The molecule has 4 rings (SSSR count). The Kier molecular flexibility index (Phi) is 7.86. The normalized spacial score (nSPS) is 16.5. The molecule has 2 amide bonds. The lowest BCUT2D eigenvalue weighted by atomic mass is 10.1. The second-order valence-corrected chi connectivity index (χ2v) is 9.05. The average molecular weight is 484 g/mol. The van der Waals surface area contributed by atoms with Crippen molar-refractivity contribution in [3.8, 4) is 11.8 Å². The first-order valence-corrected chi connectivity index (χ1v) is 12.2. The molecule has 35 heavy (non-hydrogen) atoms. The maximum Gasteiger partial charge on any atom is 0.264 e. The molecule has 1 unspecified atom stereocenters. The molecule has 1 aliphatic rings. The van der Waals surface area contributed by atoms with Gasteiger partial charge in [-0.15, -0.1) is 0 Å². The van der Waals surface area contributed by atoms with Crippen LogP contribution < -0.4 is 15.0 Å². The van der Waals surface area contributed by atoms with Crippen molar-refractivity contribution in [1.82, 2.24) is 5.32 Å². The van der Waals surface area contributed by atoms with E-state index < -0.39 is 11.2 Å². The average Bonchev–Trinajstić information content (AvgIpc) is 3.20. The van der Waals surface area contributed by atoms with Crippen LogP contribution in [0.2, 0.25) is 0 Å². The van der Waals surface area contributed by atoms with Crippen molar-refractivity contribution in [2.75, 3.05) is 11.5 Å². The number of nitrogens with zero attached hydrogens (tertiary/aromatic N) is 2. The fourth-order valence-electron chi connectivity index (χ4n) is 3.77. The van der Waals surface area contributed by atoms with Crippen LogP contribution in [-0.4, -0.2) is 23.7 Å². The number of ether oxygens (including phenoxy) is 1. The van der Waals surface area contributed by atoms with Crippen molar-refractivity contribution in [2.24, 2.45) is 0 Å². The molecule has 0 aliphatic carbocycles. The van der Waals surface area contributed by atoms with Gasteiger partial charge in [0.25, 0.3) is 5.91 Å². The van der Waals surface area contributed by atoms with Gasteiger partial charge in [0.05, 0.1) is 11.9 Å². The number of carbonyl (C=O) groups excluding carboxylic acids is 2. The fourth-order valence-corrected chi connectivity index (χ4v) is 5.08. The summed E-state index contributed by atoms with van der Waals surface area (Å²) < 4.78 is 5.52. The molecule has 7 heteroatoms. The Bertz CT molecular complexity index is 1250. The quantitative estimate of drug-likeness (QED) is 0.367. The largest absolute Gasteiger partial charge is 0.494 e. The highest BCUT2D eigenvalue weighted by atomic mass is 32.2. The van der Waals surface area contributed by atoms with E-state index in [4.69, 9.17) is 4.74 Å². The minimum Gasteiger partial charge on any atom is -0.494 e. The monoisotopic (exact) mass is 483 g/mol. The highest BCUT2D eigenvalue weighted by molar-refractivity contribution is 8.05. The van der Waals surface area contributed by atoms with Crippen LogP contribution in [0.3, 0.4) is 0 Å². The number of anilines is 1. The topological polar surface area (TPSA) is 82.4 Å². The molecule has 176 valence electrons. The molecular formula is C28H25N3O3S. The van der Waals surface area contributed by atoms with Crippen LogP contribution in [0.1, 0.15) is 18.1 Å². The number of rotatable bonds is 8. The molecule has 0 aromatic heterocycles. The lowest BCUT2D eigenvalue weighted by Crippen LogP contribution is -2.32. The third kappa shape index (κ3) is 5.73. The van der Waals surface area contributed by atoms with E-state index in [1.807, 2.05) is 73.7 Å². The summed E-state index contributed by atoms with van der Waals surface area (Å²) in [5.41, 5.74) is 2.44. The fraction of sp³-hybridized carbons (Fsp3) is 0.179. The Morgan fingerprint density at radius 2 is 1.63 bits per heavy atom. The smallest absolute Gasteiger partial charge is 0.264 e. The van der Waals surface area contributed by atoms with Gasteiger partial charge in [-0.25, -0.2) is 0 Å². The summed E-state index contributed by atoms with van der Waals surface area (Å²) in [5.74, 6) is 0.00704. The lowest BCUT2D eigenvalue weighted by molar-refractivity contribution is -0.117. The number of nitrogens with one attached hydrogen (secondary N) is 1. The van der Waals surface area contributed by atoms with Gasteiger partial charge in [0.15, 0.2) is 0 Å². The van der Waals surface area contributed by atoms with Crippen molar-refractivity contribution in [2.45, 2.75) is 25.1 Å². The Morgan fingerprint density at radius 3 is 2.23 bits per heavy atom. The van der Waals surface area contributed by atoms with E-state index >= 15 is 0 Å². The third-order valence-corrected chi connectivity index (χ3v) is 6.73. The number of carbonyl (C=O) groups is 2. The van der Waals surface area contributed by atoms with Crippen molar-refractivity contribution in [1.29, 1.82) is 5.26 Å². The molecule has 1 atom stereocenters. The van der Waals surface area contributed by atoms with Crippen LogP contribution in [0.5, 0.6) is 5.75 Å². The molecule has 1 aliphatic heterocycles. The second kappa shape index (κ2) is 11.4. The number of hydrogen-bond acceptors (Lipinski definition) is 5. The van der Waals surface area contributed by atoms with E-state index in [9.17, 15) is 14.9 Å². The summed E-state index contributed by atoms with van der Waals surface area (Å²) in [7, 11) is 0. The van der Waals surface area contributed by atoms with E-state index in [1.165, 1.54) is 16.7 Å². The van der Waals surface area contributed by atoms with Gasteiger partial charge in [-0.05, 0) is 48.7 Å². The molecule has 0 saturated carbocycles. The first-order chi connectivity index (χ1) is 17.1. The maximum absolute atomic E-state index is 13.6. The number of thioether (sulfide) groups is 1. The van der Waals surface area contributed by atoms with Gasteiger partial charge in [0, 0.05) is 12.2 Å². The van der Waals surface area contributed by atoms with Gasteiger partial charge in [0.1, 0.15) is 22.4 Å². The lowest BCUT2D eigenvalue weighted by Gasteiger charge is -2.19. The Balaban J connectivity index is 1.66. The molecule has 1 heterocycles. The second-order valence-electron chi connectivity index (χ2n) is 7.86. The predicted octanol–water partition coefficient (Wildman–Crippen LogP) is 4.83. The zero-order valence-corrected chi connectivity index (χ0v) is 20.1. The standard InChI is InChI=1S/C28H25N3O3S/c1-2-34-23-15-13-22(14-16-23)31-27(33)25(17-20-9-5-3-6-10-20)35-28(31)24(18-29)26(32)30-19-21-11-7-4-8-12-21/h3-16,25H,2,17,19H2,1H3,(H,30,32)/b28-24-. The first kappa shape index (κ1) is 24.1. The molecule has 1 saturated heterocycles. The zero-order chi connectivity index (χ0) is 24.6. The van der Waals surface area contributed by atoms with Crippen molar-refractivity contribution >= 4 is 29.3 Å². The molecule has 0 bridgehead atoms. The van der Waals surface area contributed by atoms with Crippen LogP contribution in [0.25, 0.3) is 0 Å². The number of hydrogen-bond donors (Lipinski definition) is 1. The van der Waals surface area contributed by atoms with Gasteiger partial charge in [-0.2, -0.15) is 5.26 Å². The van der Waals surface area contributed by atoms with Gasteiger partial charge >= 0.3 is 0 Å². The molecule has 0 spiro atoms. The van der Waals surface area contributed by atoms with E-state index in [0.29, 0.717) is 29.5 Å². The summed E-state index contributed by atoms with van der Waals surface area (Å²) >= 11 is 1.26. The van der Waals surface area contributed by atoms with Crippen LogP contribution >= 0.6 is 11.8 Å². The zero-order valence-electron chi connectivity index (χ0n) is 19.3. The molecule has 1 N–H and O–H groups in total. The summed E-state index contributed by atoms with van der Waals surface area (Å²) in [6, 6.07) is 28.3. The predicted molar refractivity (Wildman–Crippen MR) is 138 cm³/mol. The van der Waals surface area contributed by atoms with E-state index in [2.05, 4.69) is 5.32 Å². The first-order valence-electron chi connectivity index (χ1n) is 11.3. The Hall–Kier alpha value is -4.02. The SMILES string of the molecule is CCOc1ccc(N2C(=O)C(Cc3ccccc3)S/C2=C(/C#N)C(=O)NCc2ccccc2)cc1. The van der Waals surface area contributed by atoms with Crippen molar-refractivity contribution < 1.29 is 14.3 Å². The van der Waals surface area contributed by atoms with E-state index in [1.54, 1.807) is 24.3 Å². The minimum absolute atomic E-state index is 0.0799. The van der Waals surface area contributed by atoms with E-state index in [-0.39, 0.29) is 18.0 Å². The molecule has 3 aromatic rings. The van der Waals surface area contributed by atoms with Crippen LogP contribution in [-0.2, 0) is 22.6 Å². The molecule has 1 fully saturated rings. The summed E-state index contributed by atoms with van der Waals surface area (Å²) in [6.45, 7) is 2.71. The third-order valence-electron chi connectivity index (χ3n) is 5.47. The van der Waals surface area contributed by atoms with E-state index in [0.717, 1.165) is 11.1 Å². The number of amides is 2.